The van der Waals surface area contributed by atoms with Crippen LogP contribution in [-0.2, 0) is 19.5 Å². The van der Waals surface area contributed by atoms with Crippen molar-refractivity contribution < 1.29 is 33.7 Å². The molecule has 1 aromatic rings. The van der Waals surface area contributed by atoms with Crippen molar-refractivity contribution in [2.45, 2.75) is 4.90 Å². The molecule has 5 heteroatoms. The van der Waals surface area contributed by atoms with E-state index in [1.165, 1.54) is 0 Å². The van der Waals surface area contributed by atoms with E-state index in [-0.39, 0.29) is 19.5 Å². The molecule has 1 aromatic carbocycles. The standard InChI is InChI=1S/C9H12O3S.Zn/c1-10-6-4-7(11-2)9(13)8(5-6)12-3;/h4-5,13H,1-3H3;/q;+2. The fraction of sp³-hybridized carbons (Fsp3) is 0.333. The molecule has 0 aliphatic heterocycles. The van der Waals surface area contributed by atoms with E-state index in [0.29, 0.717) is 22.1 Å². The average molecular weight is 266 g/mol. The second kappa shape index (κ2) is 6.15. The Morgan fingerprint density at radius 1 is 0.929 bits per heavy atom. The van der Waals surface area contributed by atoms with E-state index in [2.05, 4.69) is 12.6 Å². The van der Waals surface area contributed by atoms with Gasteiger partial charge in [0.2, 0.25) is 0 Å². The number of methoxy groups -OCH3 is 3. The van der Waals surface area contributed by atoms with E-state index >= 15 is 0 Å². The van der Waals surface area contributed by atoms with E-state index in [9.17, 15) is 0 Å². The maximum Gasteiger partial charge on any atom is 2.00 e. The van der Waals surface area contributed by atoms with Crippen LogP contribution in [0, 0.1) is 0 Å². The van der Waals surface area contributed by atoms with Crippen molar-refractivity contribution in [2.75, 3.05) is 21.3 Å². The molecule has 1 rings (SSSR count). The van der Waals surface area contributed by atoms with Crippen molar-refractivity contribution in [1.29, 1.82) is 0 Å². The fourth-order valence-electron chi connectivity index (χ4n) is 0.987. The molecule has 14 heavy (non-hydrogen) atoms. The second-order valence-corrected chi connectivity index (χ2v) is 2.83. The third-order valence-corrected chi connectivity index (χ3v) is 2.13. The Kier molecular flexibility index (Phi) is 5.97. The number of benzene rings is 1. The van der Waals surface area contributed by atoms with Crippen molar-refractivity contribution in [1.82, 2.24) is 0 Å². The van der Waals surface area contributed by atoms with Crippen molar-refractivity contribution in [3.63, 3.8) is 0 Å². The Labute approximate surface area is 102 Å². The van der Waals surface area contributed by atoms with Crippen molar-refractivity contribution >= 4 is 12.6 Å². The molecular formula is C9H12O3SZn+2. The van der Waals surface area contributed by atoms with E-state index in [1.807, 2.05) is 0 Å². The van der Waals surface area contributed by atoms with Gasteiger partial charge in [-0.05, 0) is 0 Å². The zero-order valence-electron chi connectivity index (χ0n) is 8.53. The minimum Gasteiger partial charge on any atom is -0.496 e. The van der Waals surface area contributed by atoms with Gasteiger partial charge in [0.25, 0.3) is 0 Å². The molecule has 0 spiro atoms. The van der Waals surface area contributed by atoms with Crippen LogP contribution in [0.25, 0.3) is 0 Å². The molecule has 3 nitrogen and oxygen atoms in total. The Balaban J connectivity index is 0.00000169. The molecule has 0 atom stereocenters. The molecule has 0 saturated carbocycles. The zero-order chi connectivity index (χ0) is 9.84. The summed E-state index contributed by atoms with van der Waals surface area (Å²) in [5.41, 5.74) is 0. The summed E-state index contributed by atoms with van der Waals surface area (Å²) in [6, 6.07) is 3.51. The maximum absolute atomic E-state index is 5.09. The average Bonchev–Trinajstić information content (AvgIpc) is 2.18. The third-order valence-electron chi connectivity index (χ3n) is 1.69. The predicted molar refractivity (Wildman–Crippen MR) is 53.4 cm³/mol. The molecule has 0 aliphatic rings. The van der Waals surface area contributed by atoms with Gasteiger partial charge in [-0.1, -0.05) is 0 Å². The summed E-state index contributed by atoms with van der Waals surface area (Å²) in [4.78, 5) is 0.672. The zero-order valence-corrected chi connectivity index (χ0v) is 12.4. The van der Waals surface area contributed by atoms with Gasteiger partial charge < -0.3 is 14.2 Å². The van der Waals surface area contributed by atoms with Gasteiger partial charge in [-0.3, -0.25) is 0 Å². The molecule has 0 aliphatic carbocycles. The first kappa shape index (κ1) is 13.6. The molecule has 0 bridgehead atoms. The van der Waals surface area contributed by atoms with Crippen LogP contribution < -0.4 is 14.2 Å². The first-order valence-corrected chi connectivity index (χ1v) is 4.16. The normalized spacial score (nSPS) is 8.86. The molecule has 0 saturated heterocycles. The summed E-state index contributed by atoms with van der Waals surface area (Å²) < 4.78 is 15.2. The van der Waals surface area contributed by atoms with Crippen LogP contribution in [0.1, 0.15) is 0 Å². The summed E-state index contributed by atoms with van der Waals surface area (Å²) in [5.74, 6) is 1.96. The first-order chi connectivity index (χ1) is 6.22. The van der Waals surface area contributed by atoms with Gasteiger partial charge in [-0.25, -0.2) is 0 Å². The topological polar surface area (TPSA) is 27.7 Å². The molecule has 0 aromatic heterocycles. The van der Waals surface area contributed by atoms with Crippen molar-refractivity contribution in [2.24, 2.45) is 0 Å². The number of hydrogen-bond acceptors (Lipinski definition) is 4. The van der Waals surface area contributed by atoms with Gasteiger partial charge in [0.1, 0.15) is 17.2 Å². The molecule has 0 heterocycles. The minimum atomic E-state index is 0. The second-order valence-electron chi connectivity index (χ2n) is 2.38. The first-order valence-electron chi connectivity index (χ1n) is 3.72. The predicted octanol–water partition coefficient (Wildman–Crippen LogP) is 2.00. The molecule has 0 amide bonds. The van der Waals surface area contributed by atoms with Crippen molar-refractivity contribution in [3.05, 3.63) is 12.1 Å². The van der Waals surface area contributed by atoms with E-state index in [1.54, 1.807) is 33.5 Å². The number of rotatable bonds is 3. The van der Waals surface area contributed by atoms with Crippen LogP contribution in [-0.4, -0.2) is 21.3 Å². The van der Waals surface area contributed by atoms with Crippen LogP contribution in [0.3, 0.4) is 0 Å². The summed E-state index contributed by atoms with van der Waals surface area (Å²) in [6.45, 7) is 0. The van der Waals surface area contributed by atoms with Crippen LogP contribution in [0.2, 0.25) is 0 Å². The number of ether oxygens (including phenoxy) is 3. The molecule has 72 valence electrons. The van der Waals surface area contributed by atoms with Gasteiger partial charge >= 0.3 is 19.5 Å². The summed E-state index contributed by atoms with van der Waals surface area (Å²) in [5, 5.41) is 0. The molecule has 0 N–H and O–H groups in total. The van der Waals surface area contributed by atoms with Crippen LogP contribution in [0.4, 0.5) is 0 Å². The van der Waals surface area contributed by atoms with E-state index in [0.717, 1.165) is 0 Å². The fourth-order valence-corrected chi connectivity index (χ4v) is 1.30. The molecule has 0 radical (unpaired) electrons. The van der Waals surface area contributed by atoms with Crippen LogP contribution in [0.15, 0.2) is 17.0 Å². The smallest absolute Gasteiger partial charge is 0.496 e. The Morgan fingerprint density at radius 2 is 1.36 bits per heavy atom. The van der Waals surface area contributed by atoms with Gasteiger partial charge in [0.15, 0.2) is 0 Å². The summed E-state index contributed by atoms with van der Waals surface area (Å²) in [6.07, 6.45) is 0. The van der Waals surface area contributed by atoms with Gasteiger partial charge in [-0.15, -0.1) is 12.6 Å². The van der Waals surface area contributed by atoms with Gasteiger partial charge in [-0.2, -0.15) is 0 Å². The van der Waals surface area contributed by atoms with E-state index < -0.39 is 0 Å². The quantitative estimate of drug-likeness (QED) is 0.669. The van der Waals surface area contributed by atoms with Crippen molar-refractivity contribution in [3.8, 4) is 17.2 Å². The largest absolute Gasteiger partial charge is 2.00 e. The Bertz CT molecular complexity index is 279. The summed E-state index contributed by atoms with van der Waals surface area (Å²) in [7, 11) is 4.74. The molecule has 0 fully saturated rings. The molecule has 0 unspecified atom stereocenters. The summed E-state index contributed by atoms with van der Waals surface area (Å²) >= 11 is 4.25. The Hall–Kier alpha value is -0.407. The van der Waals surface area contributed by atoms with Crippen LogP contribution in [0.5, 0.6) is 17.2 Å². The van der Waals surface area contributed by atoms with Gasteiger partial charge in [0.05, 0.1) is 26.2 Å². The SMILES string of the molecule is COc1cc(OC)c(S)c(OC)c1.[Zn+2]. The van der Waals surface area contributed by atoms with Crippen LogP contribution >= 0.6 is 12.6 Å². The molecular weight excluding hydrogens is 254 g/mol. The third kappa shape index (κ3) is 2.79. The minimum absolute atomic E-state index is 0. The monoisotopic (exact) mass is 264 g/mol. The Morgan fingerprint density at radius 3 is 1.64 bits per heavy atom. The van der Waals surface area contributed by atoms with E-state index in [4.69, 9.17) is 14.2 Å². The maximum atomic E-state index is 5.09. The number of hydrogen-bond donors (Lipinski definition) is 1. The van der Waals surface area contributed by atoms with Gasteiger partial charge in [0, 0.05) is 12.1 Å². The number of thiol groups is 1.